The maximum atomic E-state index is 5.23. The van der Waals surface area contributed by atoms with Crippen LogP contribution in [0.3, 0.4) is 0 Å². The molecule has 0 spiro atoms. The van der Waals surface area contributed by atoms with E-state index in [9.17, 15) is 0 Å². The van der Waals surface area contributed by atoms with Crippen LogP contribution in [0.5, 0.6) is 0 Å². The SMILES string of the molecule is C=N/C(=C\C(=NCc1cccc2ccccc12)c1ccc(-c2ccc3ccccc3c2)cc1)c1cccc(-c2cnc3ccccc3c2)c1. The molecule has 0 amide bonds. The van der Waals surface area contributed by atoms with Crippen molar-refractivity contribution >= 4 is 50.6 Å². The molecule has 232 valence electrons. The molecule has 3 heteroatoms. The summed E-state index contributed by atoms with van der Waals surface area (Å²) in [6, 6.07) is 57.4. The highest BCUT2D eigenvalue weighted by Gasteiger charge is 2.10. The molecule has 1 heterocycles. The van der Waals surface area contributed by atoms with Crippen molar-refractivity contribution < 1.29 is 0 Å². The highest BCUT2D eigenvalue weighted by Crippen LogP contribution is 2.29. The summed E-state index contributed by atoms with van der Waals surface area (Å²) < 4.78 is 0. The number of aliphatic imine (C=N–C) groups is 2. The lowest BCUT2D eigenvalue weighted by Crippen LogP contribution is -2.00. The average molecular weight is 628 g/mol. The maximum Gasteiger partial charge on any atom is 0.0716 e. The molecule has 0 saturated heterocycles. The second-order valence-electron chi connectivity index (χ2n) is 12.2. The molecule has 0 N–H and O–H groups in total. The van der Waals surface area contributed by atoms with E-state index in [-0.39, 0.29) is 0 Å². The number of benzene rings is 7. The number of aromatic nitrogens is 1. The molecule has 3 nitrogen and oxygen atoms in total. The van der Waals surface area contributed by atoms with E-state index in [4.69, 9.17) is 4.99 Å². The van der Waals surface area contributed by atoms with Crippen molar-refractivity contribution in [3.63, 3.8) is 0 Å². The number of para-hydroxylation sites is 1. The molecule has 0 atom stereocenters. The lowest BCUT2D eigenvalue weighted by molar-refractivity contribution is 1.08. The monoisotopic (exact) mass is 627 g/mol. The number of hydrogen-bond donors (Lipinski definition) is 0. The molecule has 0 saturated carbocycles. The van der Waals surface area contributed by atoms with Crippen molar-refractivity contribution in [3.8, 4) is 22.3 Å². The van der Waals surface area contributed by atoms with Gasteiger partial charge in [-0.2, -0.15) is 0 Å². The number of nitrogens with zero attached hydrogens (tertiary/aromatic N) is 3. The predicted octanol–water partition coefficient (Wildman–Crippen LogP) is 11.6. The van der Waals surface area contributed by atoms with Crippen molar-refractivity contribution in [1.29, 1.82) is 0 Å². The van der Waals surface area contributed by atoms with Crippen LogP contribution in [0.25, 0.3) is 60.4 Å². The van der Waals surface area contributed by atoms with Gasteiger partial charge in [-0.15, -0.1) is 0 Å². The van der Waals surface area contributed by atoms with Gasteiger partial charge in [0.2, 0.25) is 0 Å². The molecular formula is C46H33N3. The standard InChI is InChI=1S/C46H33N3/c1-47-45(40-16-9-15-37(27-40)42-28-39-13-5-7-19-44(39)48-31-42)29-46(49-30-41-17-8-14-34-11-4-6-18-43(34)41)35-23-20-33(21-24-35)38-25-22-32-10-2-3-12-36(32)26-38/h2-29,31H,1,30H2/b45-29-,49-46?. The molecular weight excluding hydrogens is 595 g/mol. The first kappa shape index (κ1) is 29.9. The van der Waals surface area contributed by atoms with Crippen molar-refractivity contribution in [2.24, 2.45) is 9.98 Å². The summed E-state index contributed by atoms with van der Waals surface area (Å²) in [5.74, 6) is 0. The Labute approximate surface area is 286 Å². The zero-order valence-corrected chi connectivity index (χ0v) is 27.0. The minimum Gasteiger partial charge on any atom is -0.280 e. The van der Waals surface area contributed by atoms with Crippen LogP contribution in [0, 0.1) is 0 Å². The maximum absolute atomic E-state index is 5.23. The first-order valence-corrected chi connectivity index (χ1v) is 16.5. The van der Waals surface area contributed by atoms with E-state index in [1.165, 1.54) is 32.7 Å². The highest BCUT2D eigenvalue weighted by atomic mass is 14.8. The highest BCUT2D eigenvalue weighted by molar-refractivity contribution is 6.12. The third kappa shape index (κ3) is 6.30. The van der Waals surface area contributed by atoms with Crippen LogP contribution in [-0.2, 0) is 6.54 Å². The van der Waals surface area contributed by atoms with Crippen LogP contribution < -0.4 is 0 Å². The first-order chi connectivity index (χ1) is 24.2. The normalized spacial score (nSPS) is 12.1. The van der Waals surface area contributed by atoms with E-state index in [0.29, 0.717) is 6.54 Å². The zero-order chi connectivity index (χ0) is 33.0. The van der Waals surface area contributed by atoms with E-state index in [1.807, 2.05) is 24.4 Å². The van der Waals surface area contributed by atoms with Gasteiger partial charge in [0.25, 0.3) is 0 Å². The van der Waals surface area contributed by atoms with Gasteiger partial charge in [-0.05, 0) is 86.4 Å². The van der Waals surface area contributed by atoms with E-state index in [2.05, 4.69) is 168 Å². The van der Waals surface area contributed by atoms with Crippen molar-refractivity contribution in [1.82, 2.24) is 4.98 Å². The van der Waals surface area contributed by atoms with Crippen LogP contribution in [0.2, 0.25) is 0 Å². The fourth-order valence-electron chi connectivity index (χ4n) is 6.46. The quantitative estimate of drug-likeness (QED) is 0.154. The van der Waals surface area contributed by atoms with Crippen LogP contribution in [0.15, 0.2) is 186 Å². The molecule has 0 fully saturated rings. The molecule has 0 aliphatic carbocycles. The topological polar surface area (TPSA) is 37.6 Å². The van der Waals surface area contributed by atoms with Crippen molar-refractivity contribution in [3.05, 3.63) is 193 Å². The Morgan fingerprint density at radius 2 is 1.20 bits per heavy atom. The molecule has 7 aromatic carbocycles. The number of rotatable bonds is 8. The summed E-state index contributed by atoms with van der Waals surface area (Å²) in [5, 5.41) is 6.00. The summed E-state index contributed by atoms with van der Waals surface area (Å²) in [4.78, 5) is 14.4. The number of allylic oxidation sites excluding steroid dienone is 1. The lowest BCUT2D eigenvalue weighted by atomic mass is 9.98. The third-order valence-corrected chi connectivity index (χ3v) is 9.09. The van der Waals surface area contributed by atoms with Gasteiger partial charge in [-0.3, -0.25) is 15.0 Å². The second kappa shape index (κ2) is 13.3. The molecule has 49 heavy (non-hydrogen) atoms. The van der Waals surface area contributed by atoms with Crippen LogP contribution in [-0.4, -0.2) is 17.4 Å². The molecule has 1 aromatic heterocycles. The Morgan fingerprint density at radius 3 is 2.06 bits per heavy atom. The van der Waals surface area contributed by atoms with Crippen molar-refractivity contribution in [2.45, 2.75) is 6.54 Å². The number of fused-ring (bicyclic) bond motifs is 3. The van der Waals surface area contributed by atoms with Gasteiger partial charge in [0, 0.05) is 22.7 Å². The van der Waals surface area contributed by atoms with Gasteiger partial charge in [0.1, 0.15) is 0 Å². The predicted molar refractivity (Wildman–Crippen MR) is 208 cm³/mol. The molecule has 0 radical (unpaired) electrons. The van der Waals surface area contributed by atoms with Gasteiger partial charge in [0.05, 0.1) is 23.5 Å². The van der Waals surface area contributed by atoms with Gasteiger partial charge in [-0.1, -0.05) is 140 Å². The van der Waals surface area contributed by atoms with Crippen LogP contribution >= 0.6 is 0 Å². The Kier molecular flexibility index (Phi) is 8.15. The summed E-state index contributed by atoms with van der Waals surface area (Å²) in [7, 11) is 0. The zero-order valence-electron chi connectivity index (χ0n) is 27.0. The first-order valence-electron chi connectivity index (χ1n) is 16.5. The lowest BCUT2D eigenvalue weighted by Gasteiger charge is -2.11. The fourth-order valence-corrected chi connectivity index (χ4v) is 6.46. The molecule has 8 rings (SSSR count). The van der Waals surface area contributed by atoms with Crippen LogP contribution in [0.1, 0.15) is 16.7 Å². The minimum atomic E-state index is 0.535. The molecule has 8 aromatic rings. The van der Waals surface area contributed by atoms with E-state index in [1.54, 1.807) is 0 Å². The van der Waals surface area contributed by atoms with E-state index in [0.717, 1.165) is 50.1 Å². The summed E-state index contributed by atoms with van der Waals surface area (Å²) >= 11 is 0. The second-order valence-corrected chi connectivity index (χ2v) is 12.2. The molecule has 0 aliphatic heterocycles. The summed E-state index contributed by atoms with van der Waals surface area (Å²) in [5.41, 5.74) is 10.2. The van der Waals surface area contributed by atoms with E-state index >= 15 is 0 Å². The Morgan fingerprint density at radius 1 is 0.531 bits per heavy atom. The Balaban J connectivity index is 1.18. The van der Waals surface area contributed by atoms with Crippen molar-refractivity contribution in [2.75, 3.05) is 0 Å². The number of pyridine rings is 1. The number of hydrogen-bond acceptors (Lipinski definition) is 3. The molecule has 0 bridgehead atoms. The van der Waals surface area contributed by atoms with Crippen LogP contribution in [0.4, 0.5) is 0 Å². The summed E-state index contributed by atoms with van der Waals surface area (Å²) in [6.45, 7) is 4.51. The largest absolute Gasteiger partial charge is 0.280 e. The fraction of sp³-hybridized carbons (Fsp3) is 0.0217. The Bertz CT molecular complexity index is 2540. The van der Waals surface area contributed by atoms with E-state index < -0.39 is 0 Å². The van der Waals surface area contributed by atoms with Gasteiger partial charge in [-0.25, -0.2) is 0 Å². The molecule has 0 unspecified atom stereocenters. The average Bonchev–Trinajstić information content (AvgIpc) is 3.18. The van der Waals surface area contributed by atoms with Gasteiger partial charge < -0.3 is 0 Å². The van der Waals surface area contributed by atoms with Gasteiger partial charge >= 0.3 is 0 Å². The smallest absolute Gasteiger partial charge is 0.0716 e. The van der Waals surface area contributed by atoms with Gasteiger partial charge in [0.15, 0.2) is 0 Å². The third-order valence-electron chi connectivity index (χ3n) is 9.09. The minimum absolute atomic E-state index is 0.535. The Hall–Kier alpha value is -6.45. The molecule has 0 aliphatic rings. The summed E-state index contributed by atoms with van der Waals surface area (Å²) in [6.07, 6.45) is 3.99.